The number of halogens is 1. The summed E-state index contributed by atoms with van der Waals surface area (Å²) in [6, 6.07) is 11.2. The lowest BCUT2D eigenvalue weighted by Crippen LogP contribution is -2.38. The molecule has 1 aliphatic heterocycles. The van der Waals surface area contributed by atoms with E-state index < -0.39 is 12.2 Å². The molecule has 0 bridgehead atoms. The molecule has 2 unspecified atom stereocenters. The molecule has 0 radical (unpaired) electrons. The predicted octanol–water partition coefficient (Wildman–Crippen LogP) is 2.90. The molecule has 198 valence electrons. The minimum absolute atomic E-state index is 0.124. The fourth-order valence-electron chi connectivity index (χ4n) is 4.80. The second-order valence-electron chi connectivity index (χ2n) is 9.43. The van der Waals surface area contributed by atoms with Crippen LogP contribution in [-0.4, -0.2) is 92.9 Å². The Bertz CT molecular complexity index is 968. The molecule has 2 fully saturated rings. The summed E-state index contributed by atoms with van der Waals surface area (Å²) in [7, 11) is 1.96. The van der Waals surface area contributed by atoms with Crippen molar-refractivity contribution in [2.45, 2.75) is 25.2 Å². The number of hydrogen-bond donors (Lipinski definition) is 2. The molecule has 10 heteroatoms. The Morgan fingerprint density at radius 3 is 2.61 bits per heavy atom. The van der Waals surface area contributed by atoms with E-state index in [1.165, 1.54) is 11.3 Å². The van der Waals surface area contributed by atoms with Crippen LogP contribution in [0.3, 0.4) is 0 Å². The van der Waals surface area contributed by atoms with E-state index in [1.807, 2.05) is 37.4 Å². The van der Waals surface area contributed by atoms with Gasteiger partial charge in [-0.2, -0.15) is 0 Å². The van der Waals surface area contributed by atoms with E-state index >= 15 is 0 Å². The van der Waals surface area contributed by atoms with Gasteiger partial charge in [0.25, 0.3) is 0 Å². The van der Waals surface area contributed by atoms with E-state index in [1.54, 1.807) is 6.07 Å². The lowest BCUT2D eigenvalue weighted by Gasteiger charge is -2.29. The first-order valence-electron chi connectivity index (χ1n) is 12.4. The van der Waals surface area contributed by atoms with Crippen LogP contribution in [0.15, 0.2) is 36.4 Å². The lowest BCUT2D eigenvalue weighted by molar-refractivity contribution is 0.0194. The Kier molecular flexibility index (Phi) is 10.0. The van der Waals surface area contributed by atoms with E-state index in [0.717, 1.165) is 36.9 Å². The van der Waals surface area contributed by atoms with Crippen molar-refractivity contribution < 1.29 is 29.2 Å². The standard InChI is InChI=1S/C26H35ClN2O6S/c1-28(19-4-2-18(27)3-5-19)15-21-22(24(31)14-23(21)30)17-34-16-20-6-7-25(36-20)26(32)35-13-10-29-8-11-33-12-9-29/h2-7,21-24,30-31H,8-17H2,1H3/t21-,22-,23?,24?/m1/s1. The van der Waals surface area contributed by atoms with Gasteiger partial charge in [-0.25, -0.2) is 4.79 Å². The van der Waals surface area contributed by atoms with Crippen LogP contribution in [-0.2, 0) is 20.8 Å². The van der Waals surface area contributed by atoms with Crippen LogP contribution in [0.1, 0.15) is 21.0 Å². The SMILES string of the molecule is CN(C[C@H]1C(O)CC(O)[C@@H]1COCc1ccc(C(=O)OCCN2CCOCC2)s1)c1ccc(Cl)cc1. The molecular weight excluding hydrogens is 504 g/mol. The fourth-order valence-corrected chi connectivity index (χ4v) is 5.77. The van der Waals surface area contributed by atoms with Crippen molar-refractivity contribution in [3.8, 4) is 0 Å². The number of hydrogen-bond acceptors (Lipinski definition) is 9. The fraction of sp³-hybridized carbons (Fsp3) is 0.577. The molecule has 36 heavy (non-hydrogen) atoms. The molecule has 1 aromatic heterocycles. The molecule has 4 atom stereocenters. The quantitative estimate of drug-likeness (QED) is 0.422. The predicted molar refractivity (Wildman–Crippen MR) is 140 cm³/mol. The van der Waals surface area contributed by atoms with E-state index in [4.69, 9.17) is 25.8 Å². The van der Waals surface area contributed by atoms with E-state index in [9.17, 15) is 15.0 Å². The Morgan fingerprint density at radius 2 is 1.86 bits per heavy atom. The summed E-state index contributed by atoms with van der Waals surface area (Å²) < 4.78 is 16.7. The Morgan fingerprint density at radius 1 is 1.14 bits per heavy atom. The van der Waals surface area contributed by atoms with Gasteiger partial charge in [-0.1, -0.05) is 11.6 Å². The molecule has 1 aromatic carbocycles. The maximum absolute atomic E-state index is 12.4. The zero-order valence-corrected chi connectivity index (χ0v) is 22.1. The van der Waals surface area contributed by atoms with Gasteiger partial charge in [0, 0.05) is 60.6 Å². The second-order valence-corrected chi connectivity index (χ2v) is 11.0. The summed E-state index contributed by atoms with van der Waals surface area (Å²) in [5.41, 5.74) is 0.996. The maximum atomic E-state index is 12.4. The number of esters is 1. The number of carbonyl (C=O) groups is 1. The maximum Gasteiger partial charge on any atom is 0.348 e. The van der Waals surface area contributed by atoms with Crippen molar-refractivity contribution in [2.75, 3.05) is 64.6 Å². The Hall–Kier alpha value is -1.72. The number of rotatable bonds is 11. The summed E-state index contributed by atoms with van der Waals surface area (Å²) in [6.45, 7) is 5.49. The van der Waals surface area contributed by atoms with Crippen molar-refractivity contribution in [1.29, 1.82) is 0 Å². The highest BCUT2D eigenvalue weighted by molar-refractivity contribution is 7.13. The van der Waals surface area contributed by atoms with Crippen LogP contribution >= 0.6 is 22.9 Å². The van der Waals surface area contributed by atoms with Gasteiger partial charge in [-0.05, 0) is 42.8 Å². The Balaban J connectivity index is 1.22. The van der Waals surface area contributed by atoms with Gasteiger partial charge in [0.2, 0.25) is 0 Å². The number of nitrogens with zero attached hydrogens (tertiary/aromatic N) is 2. The van der Waals surface area contributed by atoms with E-state index in [-0.39, 0.29) is 17.8 Å². The molecule has 1 saturated heterocycles. The summed E-state index contributed by atoms with van der Waals surface area (Å²) in [5, 5.41) is 21.8. The molecule has 4 rings (SSSR count). The third-order valence-electron chi connectivity index (χ3n) is 6.94. The normalized spacial score (nSPS) is 24.7. The van der Waals surface area contributed by atoms with Gasteiger partial charge >= 0.3 is 5.97 Å². The Labute approximate surface area is 221 Å². The van der Waals surface area contributed by atoms with Crippen molar-refractivity contribution in [2.24, 2.45) is 11.8 Å². The molecule has 1 saturated carbocycles. The molecule has 2 heterocycles. The van der Waals surface area contributed by atoms with Crippen molar-refractivity contribution in [3.63, 3.8) is 0 Å². The topological polar surface area (TPSA) is 91.7 Å². The smallest absolute Gasteiger partial charge is 0.348 e. The number of ether oxygens (including phenoxy) is 3. The number of thiophene rings is 1. The number of benzene rings is 1. The van der Waals surface area contributed by atoms with Crippen LogP contribution < -0.4 is 4.90 Å². The van der Waals surface area contributed by atoms with Gasteiger partial charge in [0.1, 0.15) is 11.5 Å². The van der Waals surface area contributed by atoms with Crippen molar-refractivity contribution >= 4 is 34.6 Å². The zero-order valence-electron chi connectivity index (χ0n) is 20.6. The second kappa shape index (κ2) is 13.2. The highest BCUT2D eigenvalue weighted by Crippen LogP contribution is 2.34. The van der Waals surface area contributed by atoms with Crippen LogP contribution in [0.4, 0.5) is 5.69 Å². The number of aliphatic hydroxyl groups is 2. The minimum Gasteiger partial charge on any atom is -0.460 e. The molecule has 2 N–H and O–H groups in total. The molecule has 2 aliphatic rings. The molecule has 1 aliphatic carbocycles. The molecule has 0 spiro atoms. The van der Waals surface area contributed by atoms with E-state index in [0.29, 0.717) is 49.2 Å². The van der Waals surface area contributed by atoms with Gasteiger partial charge in [0.15, 0.2) is 0 Å². The molecule has 2 aromatic rings. The van der Waals surface area contributed by atoms with Crippen LogP contribution in [0.5, 0.6) is 0 Å². The first-order chi connectivity index (χ1) is 17.4. The summed E-state index contributed by atoms with van der Waals surface area (Å²) in [6.07, 6.45) is -0.875. The molecular formula is C26H35ClN2O6S. The van der Waals surface area contributed by atoms with Gasteiger partial charge in [-0.15, -0.1) is 11.3 Å². The summed E-state index contributed by atoms with van der Waals surface area (Å²) in [5.74, 6) is -0.625. The first-order valence-corrected chi connectivity index (χ1v) is 13.6. The summed E-state index contributed by atoms with van der Waals surface area (Å²) >= 11 is 7.35. The number of carbonyl (C=O) groups excluding carboxylic acids is 1. The van der Waals surface area contributed by atoms with Crippen LogP contribution in [0, 0.1) is 11.8 Å². The third kappa shape index (κ3) is 7.41. The lowest BCUT2D eigenvalue weighted by atomic mass is 9.93. The van der Waals surface area contributed by atoms with E-state index in [2.05, 4.69) is 9.80 Å². The van der Waals surface area contributed by atoms with Gasteiger partial charge in [-0.3, -0.25) is 4.90 Å². The molecule has 0 amide bonds. The largest absolute Gasteiger partial charge is 0.460 e. The van der Waals surface area contributed by atoms with Gasteiger partial charge < -0.3 is 29.3 Å². The average Bonchev–Trinajstić information content (AvgIpc) is 3.45. The third-order valence-corrected chi connectivity index (χ3v) is 8.23. The number of aliphatic hydroxyl groups excluding tert-OH is 2. The zero-order chi connectivity index (χ0) is 25.5. The van der Waals surface area contributed by atoms with Crippen LogP contribution in [0.25, 0.3) is 0 Å². The first kappa shape index (κ1) is 27.3. The molecule has 8 nitrogen and oxygen atoms in total. The highest BCUT2D eigenvalue weighted by Gasteiger charge is 2.42. The van der Waals surface area contributed by atoms with Crippen molar-refractivity contribution in [1.82, 2.24) is 4.90 Å². The number of anilines is 1. The average molecular weight is 539 g/mol. The summed E-state index contributed by atoms with van der Waals surface area (Å²) in [4.78, 5) is 18.1. The van der Waals surface area contributed by atoms with Crippen molar-refractivity contribution in [3.05, 3.63) is 51.2 Å². The highest BCUT2D eigenvalue weighted by atomic mass is 35.5. The van der Waals surface area contributed by atoms with Crippen LogP contribution in [0.2, 0.25) is 5.02 Å². The van der Waals surface area contributed by atoms with Gasteiger partial charge in [0.05, 0.1) is 38.6 Å². The minimum atomic E-state index is -0.621. The monoisotopic (exact) mass is 538 g/mol. The number of morpholine rings is 1.